The second kappa shape index (κ2) is 6.19. The van der Waals surface area contributed by atoms with Crippen LogP contribution in [0.3, 0.4) is 0 Å². The highest BCUT2D eigenvalue weighted by Crippen LogP contribution is 2.20. The van der Waals surface area contributed by atoms with Crippen LogP contribution in [0.25, 0.3) is 0 Å². The molecule has 1 heterocycles. The van der Waals surface area contributed by atoms with Crippen LogP contribution in [0.1, 0.15) is 16.8 Å². The van der Waals surface area contributed by atoms with Crippen LogP contribution in [0.5, 0.6) is 0 Å². The predicted octanol–water partition coefficient (Wildman–Crippen LogP) is 1.79. The largest absolute Gasteiger partial charge is 0.481 e. The number of rotatable bonds is 3. The number of nitrogens with zero attached hydrogens (tertiary/aromatic N) is 1. The summed E-state index contributed by atoms with van der Waals surface area (Å²) in [6.07, 6.45) is -0.769. The lowest BCUT2D eigenvalue weighted by Gasteiger charge is -2.32. The molecule has 1 unspecified atom stereocenters. The number of carboxylic acid groups (broad SMARTS) is 1. The van der Waals surface area contributed by atoms with Crippen molar-refractivity contribution in [1.82, 2.24) is 4.90 Å². The minimum absolute atomic E-state index is 0.117. The van der Waals surface area contributed by atoms with Crippen molar-refractivity contribution in [3.63, 3.8) is 0 Å². The van der Waals surface area contributed by atoms with Crippen molar-refractivity contribution < 1.29 is 23.8 Å². The summed E-state index contributed by atoms with van der Waals surface area (Å²) in [4.78, 5) is 24.3. The molecule has 1 aromatic carbocycles. The van der Waals surface area contributed by atoms with E-state index in [9.17, 15) is 14.0 Å². The number of carboxylic acids is 1. The first-order valence-electron chi connectivity index (χ1n) is 6.05. The zero-order valence-corrected chi connectivity index (χ0v) is 11.3. The van der Waals surface area contributed by atoms with Gasteiger partial charge >= 0.3 is 5.97 Å². The quantitative estimate of drug-likeness (QED) is 0.924. The molecule has 0 aliphatic carbocycles. The summed E-state index contributed by atoms with van der Waals surface area (Å²) in [5, 5.41) is 8.61. The summed E-state index contributed by atoms with van der Waals surface area (Å²) in [5.41, 5.74) is -0.117. The molecule has 1 aliphatic rings. The van der Waals surface area contributed by atoms with Gasteiger partial charge in [-0.05, 0) is 12.1 Å². The Hall–Kier alpha value is -1.66. The number of carbonyl (C=O) groups excluding carboxylic acids is 1. The van der Waals surface area contributed by atoms with Crippen LogP contribution >= 0.6 is 11.6 Å². The summed E-state index contributed by atoms with van der Waals surface area (Å²) in [7, 11) is 0. The molecule has 1 N–H and O–H groups in total. The summed E-state index contributed by atoms with van der Waals surface area (Å²) >= 11 is 5.65. The van der Waals surface area contributed by atoms with Gasteiger partial charge in [-0.1, -0.05) is 17.7 Å². The van der Waals surface area contributed by atoms with Gasteiger partial charge in [-0.25, -0.2) is 4.39 Å². The average molecular weight is 302 g/mol. The van der Waals surface area contributed by atoms with Gasteiger partial charge in [0.15, 0.2) is 5.82 Å². The second-order valence-corrected chi connectivity index (χ2v) is 4.85. The van der Waals surface area contributed by atoms with Crippen LogP contribution in [0.15, 0.2) is 18.2 Å². The normalized spacial score (nSPS) is 18.9. The maximum Gasteiger partial charge on any atom is 0.306 e. The van der Waals surface area contributed by atoms with E-state index < -0.39 is 23.8 Å². The van der Waals surface area contributed by atoms with E-state index >= 15 is 0 Å². The first-order valence-corrected chi connectivity index (χ1v) is 6.43. The minimum Gasteiger partial charge on any atom is -0.481 e. The van der Waals surface area contributed by atoms with Gasteiger partial charge in [-0.2, -0.15) is 0 Å². The molecule has 7 heteroatoms. The molecule has 1 aromatic rings. The molecule has 0 aromatic heterocycles. The van der Waals surface area contributed by atoms with Crippen molar-refractivity contribution >= 4 is 23.5 Å². The van der Waals surface area contributed by atoms with Gasteiger partial charge in [0.05, 0.1) is 29.7 Å². The van der Waals surface area contributed by atoms with E-state index in [1.807, 2.05) is 0 Å². The standard InChI is InChI=1S/C13H13ClFNO4/c14-10-3-1-2-9(12(10)15)13(19)16-4-5-20-8(7-16)6-11(17)18/h1-3,8H,4-7H2,(H,17,18). The van der Waals surface area contributed by atoms with Crippen molar-refractivity contribution in [1.29, 1.82) is 0 Å². The van der Waals surface area contributed by atoms with Gasteiger partial charge < -0.3 is 14.7 Å². The number of hydrogen-bond donors (Lipinski definition) is 1. The van der Waals surface area contributed by atoms with Crippen LogP contribution in [0, 0.1) is 5.82 Å². The highest BCUT2D eigenvalue weighted by molar-refractivity contribution is 6.31. The fourth-order valence-electron chi connectivity index (χ4n) is 2.06. The van der Waals surface area contributed by atoms with E-state index in [-0.39, 0.29) is 30.2 Å². The Morgan fingerprint density at radius 3 is 2.95 bits per heavy atom. The highest BCUT2D eigenvalue weighted by Gasteiger charge is 2.28. The van der Waals surface area contributed by atoms with Crippen LogP contribution in [-0.2, 0) is 9.53 Å². The summed E-state index contributed by atoms with van der Waals surface area (Å²) < 4.78 is 19.1. The molecule has 1 amide bonds. The zero-order valence-electron chi connectivity index (χ0n) is 10.5. The molecule has 2 rings (SSSR count). The average Bonchev–Trinajstić information content (AvgIpc) is 2.41. The molecular weight excluding hydrogens is 289 g/mol. The Labute approximate surface area is 119 Å². The van der Waals surface area contributed by atoms with Gasteiger partial charge in [0, 0.05) is 13.1 Å². The third kappa shape index (κ3) is 3.26. The molecule has 5 nitrogen and oxygen atoms in total. The lowest BCUT2D eigenvalue weighted by atomic mass is 10.1. The van der Waals surface area contributed by atoms with E-state index in [2.05, 4.69) is 0 Å². The van der Waals surface area contributed by atoms with E-state index in [4.69, 9.17) is 21.4 Å². The van der Waals surface area contributed by atoms with Crippen molar-refractivity contribution in [3.05, 3.63) is 34.6 Å². The Bertz CT molecular complexity index is 537. The number of ether oxygens (including phenoxy) is 1. The number of carbonyl (C=O) groups is 2. The van der Waals surface area contributed by atoms with E-state index in [1.165, 1.54) is 23.1 Å². The van der Waals surface area contributed by atoms with Crippen molar-refractivity contribution in [3.8, 4) is 0 Å². The molecule has 0 saturated carbocycles. The third-order valence-electron chi connectivity index (χ3n) is 3.01. The third-order valence-corrected chi connectivity index (χ3v) is 3.30. The molecule has 0 spiro atoms. The van der Waals surface area contributed by atoms with Gasteiger partial charge in [-0.15, -0.1) is 0 Å². The number of halogens is 2. The summed E-state index contributed by atoms with van der Waals surface area (Å²) in [6.45, 7) is 0.643. The van der Waals surface area contributed by atoms with Crippen molar-refractivity contribution in [2.45, 2.75) is 12.5 Å². The number of aliphatic carboxylic acids is 1. The first kappa shape index (κ1) is 14.7. The van der Waals surface area contributed by atoms with Crippen LogP contribution in [0.4, 0.5) is 4.39 Å². The maximum atomic E-state index is 13.8. The first-order chi connectivity index (χ1) is 9.49. The van der Waals surface area contributed by atoms with E-state index in [1.54, 1.807) is 0 Å². The number of morpholine rings is 1. The topological polar surface area (TPSA) is 66.8 Å². The summed E-state index contributed by atoms with van der Waals surface area (Å²) in [5.74, 6) is -2.28. The SMILES string of the molecule is O=C(O)CC1CN(C(=O)c2cccc(Cl)c2F)CCO1. The molecule has 1 saturated heterocycles. The number of benzene rings is 1. The highest BCUT2D eigenvalue weighted by atomic mass is 35.5. The number of hydrogen-bond acceptors (Lipinski definition) is 3. The molecular formula is C13H13ClFNO4. The molecule has 20 heavy (non-hydrogen) atoms. The fourth-order valence-corrected chi connectivity index (χ4v) is 2.24. The molecule has 1 aliphatic heterocycles. The molecule has 1 atom stereocenters. The molecule has 0 bridgehead atoms. The van der Waals surface area contributed by atoms with Gasteiger partial charge in [-0.3, -0.25) is 9.59 Å². The lowest BCUT2D eigenvalue weighted by Crippen LogP contribution is -2.46. The van der Waals surface area contributed by atoms with Crippen LogP contribution in [0.2, 0.25) is 5.02 Å². The molecule has 1 fully saturated rings. The number of amides is 1. The fraction of sp³-hybridized carbons (Fsp3) is 0.385. The van der Waals surface area contributed by atoms with Gasteiger partial charge in [0.1, 0.15) is 0 Å². The molecule has 0 radical (unpaired) electrons. The van der Waals surface area contributed by atoms with Gasteiger partial charge in [0.25, 0.3) is 5.91 Å². The van der Waals surface area contributed by atoms with E-state index in [0.717, 1.165) is 0 Å². The second-order valence-electron chi connectivity index (χ2n) is 4.44. The molecule has 108 valence electrons. The van der Waals surface area contributed by atoms with Crippen molar-refractivity contribution in [2.75, 3.05) is 19.7 Å². The Morgan fingerprint density at radius 2 is 2.25 bits per heavy atom. The Balaban J connectivity index is 2.12. The lowest BCUT2D eigenvalue weighted by molar-refractivity contribution is -0.141. The summed E-state index contributed by atoms with van der Waals surface area (Å²) in [6, 6.07) is 4.21. The predicted molar refractivity (Wildman–Crippen MR) is 69.3 cm³/mol. The van der Waals surface area contributed by atoms with Crippen LogP contribution in [-0.4, -0.2) is 47.7 Å². The Morgan fingerprint density at radius 1 is 1.50 bits per heavy atom. The van der Waals surface area contributed by atoms with Crippen LogP contribution < -0.4 is 0 Å². The zero-order chi connectivity index (χ0) is 14.7. The van der Waals surface area contributed by atoms with E-state index in [0.29, 0.717) is 6.54 Å². The smallest absolute Gasteiger partial charge is 0.306 e. The monoisotopic (exact) mass is 301 g/mol. The minimum atomic E-state index is -1.00. The van der Waals surface area contributed by atoms with Crippen molar-refractivity contribution in [2.24, 2.45) is 0 Å². The Kier molecular flexibility index (Phi) is 4.57. The van der Waals surface area contributed by atoms with Gasteiger partial charge in [0.2, 0.25) is 0 Å². The maximum absolute atomic E-state index is 13.8.